The van der Waals surface area contributed by atoms with Crippen LogP contribution in [0.1, 0.15) is 24.5 Å². The Bertz CT molecular complexity index is 462. The third-order valence-electron chi connectivity index (χ3n) is 2.55. The van der Waals surface area contributed by atoms with Crippen LogP contribution in [0.4, 0.5) is 0 Å². The Kier molecular flexibility index (Phi) is 6.95. The van der Waals surface area contributed by atoms with Gasteiger partial charge in [0.05, 0.1) is 24.5 Å². The molecule has 1 rings (SSSR count). The fourth-order valence-electron chi connectivity index (χ4n) is 1.43. The molecule has 0 aliphatic rings. The Balaban J connectivity index is 2.40. The summed E-state index contributed by atoms with van der Waals surface area (Å²) in [6.45, 7) is 4.73. The van der Waals surface area contributed by atoms with Crippen molar-refractivity contribution in [1.29, 1.82) is 0 Å². The van der Waals surface area contributed by atoms with E-state index in [0.29, 0.717) is 18.3 Å². The molecule has 0 saturated heterocycles. The molecule has 112 valence electrons. The largest absolute Gasteiger partial charge is 0.354 e. The lowest BCUT2D eigenvalue weighted by Gasteiger charge is -2.16. The minimum Gasteiger partial charge on any atom is -0.354 e. The number of hydrogen-bond acceptors (Lipinski definition) is 4. The van der Waals surface area contributed by atoms with Crippen LogP contribution in [0.25, 0.3) is 0 Å². The van der Waals surface area contributed by atoms with Crippen molar-refractivity contribution >= 4 is 34.8 Å². The second-order valence-electron chi connectivity index (χ2n) is 4.99. The first-order valence-electron chi connectivity index (χ1n) is 6.42. The van der Waals surface area contributed by atoms with E-state index in [1.54, 1.807) is 7.05 Å². The molecule has 0 unspecified atom stereocenters. The average Bonchev–Trinajstić information content (AvgIpc) is 2.83. The van der Waals surface area contributed by atoms with Crippen LogP contribution in [-0.4, -0.2) is 41.8 Å². The molecule has 1 N–H and O–H groups in total. The van der Waals surface area contributed by atoms with Crippen molar-refractivity contribution in [3.63, 3.8) is 0 Å². The minimum absolute atomic E-state index is 0.0687. The summed E-state index contributed by atoms with van der Waals surface area (Å²) in [5, 5.41) is 5.34. The third-order valence-corrected chi connectivity index (χ3v) is 3.72. The van der Waals surface area contributed by atoms with Gasteiger partial charge in [-0.2, -0.15) is 0 Å². The normalized spacial score (nSPS) is 10.7. The van der Waals surface area contributed by atoms with Crippen LogP contribution in [0.5, 0.6) is 0 Å². The zero-order valence-electron chi connectivity index (χ0n) is 12.0. The molecule has 0 radical (unpaired) electrons. The summed E-state index contributed by atoms with van der Waals surface area (Å²) in [5.74, 6) is 0.470. The smallest absolute Gasteiger partial charge is 0.239 e. The molecule has 20 heavy (non-hydrogen) atoms. The monoisotopic (exact) mass is 317 g/mol. The first-order valence-corrected chi connectivity index (χ1v) is 7.83. The lowest BCUT2D eigenvalue weighted by Crippen LogP contribution is -2.40. The summed E-state index contributed by atoms with van der Waals surface area (Å²) in [6.07, 6.45) is 0.204. The topological polar surface area (TPSA) is 62.3 Å². The van der Waals surface area contributed by atoms with Crippen molar-refractivity contribution < 1.29 is 9.59 Å². The Hall–Kier alpha value is -1.14. The van der Waals surface area contributed by atoms with Gasteiger partial charge in [0.25, 0.3) is 0 Å². The number of likely N-dealkylation sites (N-methyl/N-ethyl adjacent to an activating group) is 1. The Labute approximate surface area is 128 Å². The number of rotatable bonds is 7. The van der Waals surface area contributed by atoms with Gasteiger partial charge in [-0.05, 0) is 5.92 Å². The molecule has 0 saturated carbocycles. The van der Waals surface area contributed by atoms with Gasteiger partial charge in [0, 0.05) is 19.0 Å². The van der Waals surface area contributed by atoms with E-state index >= 15 is 0 Å². The van der Waals surface area contributed by atoms with E-state index in [0.717, 1.165) is 10.7 Å². The maximum Gasteiger partial charge on any atom is 0.239 e. The molecule has 0 aliphatic carbocycles. The van der Waals surface area contributed by atoms with Crippen molar-refractivity contribution in [2.75, 3.05) is 20.1 Å². The number of hydrogen-bond donors (Lipinski definition) is 1. The molecule has 1 heterocycles. The van der Waals surface area contributed by atoms with E-state index in [1.165, 1.54) is 16.2 Å². The van der Waals surface area contributed by atoms with Crippen molar-refractivity contribution in [3.8, 4) is 0 Å². The van der Waals surface area contributed by atoms with Gasteiger partial charge in [-0.3, -0.25) is 9.59 Å². The highest BCUT2D eigenvalue weighted by atomic mass is 35.5. The van der Waals surface area contributed by atoms with Crippen molar-refractivity contribution in [3.05, 3.63) is 16.1 Å². The minimum atomic E-state index is -0.143. The van der Waals surface area contributed by atoms with E-state index in [4.69, 9.17) is 11.6 Å². The predicted molar refractivity (Wildman–Crippen MR) is 80.9 cm³/mol. The van der Waals surface area contributed by atoms with Gasteiger partial charge in [-0.15, -0.1) is 22.9 Å². The highest BCUT2D eigenvalue weighted by molar-refractivity contribution is 7.09. The van der Waals surface area contributed by atoms with E-state index in [-0.39, 0.29) is 24.8 Å². The fraction of sp³-hybridized carbons (Fsp3) is 0.615. The summed E-state index contributed by atoms with van der Waals surface area (Å²) in [7, 11) is 1.62. The van der Waals surface area contributed by atoms with Crippen LogP contribution < -0.4 is 5.32 Å². The standard InChI is InChI=1S/C13H20ClN3O2S/c1-9(2)6-15-11(18)7-17(3)13(19)4-12-16-10(5-14)8-20-12/h8-9H,4-7H2,1-3H3,(H,15,18). The molecular weight excluding hydrogens is 298 g/mol. The highest BCUT2D eigenvalue weighted by Gasteiger charge is 2.15. The van der Waals surface area contributed by atoms with Crippen LogP contribution in [0.15, 0.2) is 5.38 Å². The van der Waals surface area contributed by atoms with Crippen LogP contribution >= 0.6 is 22.9 Å². The summed E-state index contributed by atoms with van der Waals surface area (Å²) >= 11 is 7.07. The Morgan fingerprint density at radius 2 is 2.20 bits per heavy atom. The van der Waals surface area contributed by atoms with Gasteiger partial charge in [0.15, 0.2) is 0 Å². The molecule has 5 nitrogen and oxygen atoms in total. The number of alkyl halides is 1. The second kappa shape index (κ2) is 8.21. The molecule has 0 fully saturated rings. The first-order chi connectivity index (χ1) is 9.42. The summed E-state index contributed by atoms with van der Waals surface area (Å²) < 4.78 is 0. The zero-order valence-corrected chi connectivity index (χ0v) is 13.6. The first kappa shape index (κ1) is 16.9. The van der Waals surface area contributed by atoms with Crippen molar-refractivity contribution in [2.45, 2.75) is 26.1 Å². The van der Waals surface area contributed by atoms with Gasteiger partial charge in [0.1, 0.15) is 5.01 Å². The number of carbonyl (C=O) groups is 2. The molecule has 1 aromatic heterocycles. The quantitative estimate of drug-likeness (QED) is 0.778. The lowest BCUT2D eigenvalue weighted by molar-refractivity contribution is -0.134. The van der Waals surface area contributed by atoms with Crippen molar-refractivity contribution in [1.82, 2.24) is 15.2 Å². The maximum atomic E-state index is 12.0. The molecule has 0 bridgehead atoms. The van der Waals surface area contributed by atoms with E-state index in [2.05, 4.69) is 10.3 Å². The Morgan fingerprint density at radius 3 is 2.75 bits per heavy atom. The van der Waals surface area contributed by atoms with E-state index in [1.807, 2.05) is 19.2 Å². The number of carbonyl (C=O) groups excluding carboxylic acids is 2. The molecule has 0 atom stereocenters. The van der Waals surface area contributed by atoms with Gasteiger partial charge < -0.3 is 10.2 Å². The third kappa shape index (κ3) is 5.88. The number of nitrogens with one attached hydrogen (secondary N) is 1. The van der Waals surface area contributed by atoms with Crippen molar-refractivity contribution in [2.24, 2.45) is 5.92 Å². The SMILES string of the molecule is CC(C)CNC(=O)CN(C)C(=O)Cc1nc(CCl)cs1. The molecule has 0 aromatic carbocycles. The van der Waals surface area contributed by atoms with Gasteiger partial charge in [-0.1, -0.05) is 13.8 Å². The van der Waals surface area contributed by atoms with E-state index < -0.39 is 0 Å². The Morgan fingerprint density at radius 1 is 1.50 bits per heavy atom. The van der Waals surface area contributed by atoms with Gasteiger partial charge >= 0.3 is 0 Å². The summed E-state index contributed by atoms with van der Waals surface area (Å²) in [5.41, 5.74) is 0.775. The number of thiazole rings is 1. The molecule has 0 spiro atoms. The number of halogens is 1. The highest BCUT2D eigenvalue weighted by Crippen LogP contribution is 2.12. The van der Waals surface area contributed by atoms with E-state index in [9.17, 15) is 9.59 Å². The van der Waals surface area contributed by atoms with Crippen LogP contribution in [0, 0.1) is 5.92 Å². The number of amides is 2. The van der Waals surface area contributed by atoms with Crippen LogP contribution in [-0.2, 0) is 21.9 Å². The van der Waals surface area contributed by atoms with Crippen LogP contribution in [0.3, 0.4) is 0 Å². The predicted octanol–water partition coefficient (Wildman–Crippen LogP) is 1.65. The number of nitrogens with zero attached hydrogens (tertiary/aromatic N) is 2. The lowest BCUT2D eigenvalue weighted by atomic mass is 10.2. The van der Waals surface area contributed by atoms with Gasteiger partial charge in [-0.25, -0.2) is 4.98 Å². The van der Waals surface area contributed by atoms with Gasteiger partial charge in [0.2, 0.25) is 11.8 Å². The molecule has 1 aromatic rings. The molecular formula is C13H20ClN3O2S. The molecule has 7 heteroatoms. The summed E-state index contributed by atoms with van der Waals surface area (Å²) in [4.78, 5) is 29.2. The average molecular weight is 318 g/mol. The van der Waals surface area contributed by atoms with Crippen LogP contribution in [0.2, 0.25) is 0 Å². The second-order valence-corrected chi connectivity index (χ2v) is 6.20. The maximum absolute atomic E-state index is 12.0. The number of aromatic nitrogens is 1. The summed E-state index contributed by atoms with van der Waals surface area (Å²) in [6, 6.07) is 0. The molecule has 2 amide bonds. The fourth-order valence-corrected chi connectivity index (χ4v) is 2.45. The molecule has 0 aliphatic heterocycles. The zero-order chi connectivity index (χ0) is 15.1.